The van der Waals surface area contributed by atoms with Crippen molar-refractivity contribution in [1.82, 2.24) is 10.2 Å². The van der Waals surface area contributed by atoms with Crippen LogP contribution >= 0.6 is 11.6 Å². The highest BCUT2D eigenvalue weighted by molar-refractivity contribution is 6.33. The maximum absolute atomic E-state index is 12.5. The Bertz CT molecular complexity index is 1100. The summed E-state index contributed by atoms with van der Waals surface area (Å²) in [6.45, 7) is 5.70. The Morgan fingerprint density at radius 3 is 2.29 bits per heavy atom. The minimum absolute atomic E-state index is 0.100. The number of amides is 1. The van der Waals surface area contributed by atoms with E-state index in [-0.39, 0.29) is 5.91 Å². The van der Waals surface area contributed by atoms with Gasteiger partial charge < -0.3 is 15.0 Å². The third-order valence-electron chi connectivity index (χ3n) is 6.60. The minimum atomic E-state index is 0.100. The van der Waals surface area contributed by atoms with Gasteiger partial charge in [-0.15, -0.1) is 0 Å². The van der Waals surface area contributed by atoms with Crippen molar-refractivity contribution in [3.05, 3.63) is 83.4 Å². The summed E-state index contributed by atoms with van der Waals surface area (Å²) in [5.74, 6) is 0.990. The summed E-state index contributed by atoms with van der Waals surface area (Å²) in [7, 11) is 1.69. The predicted molar refractivity (Wildman–Crippen MR) is 144 cm³/mol. The van der Waals surface area contributed by atoms with Crippen LogP contribution in [0.5, 0.6) is 5.75 Å². The number of carbonyl (C=O) groups is 1. The molecule has 0 saturated carbocycles. The fraction of sp³-hybridized carbons (Fsp3) is 0.345. The summed E-state index contributed by atoms with van der Waals surface area (Å²) in [5, 5.41) is 3.81. The smallest absolute Gasteiger partial charge is 0.220 e. The normalized spacial score (nSPS) is 14.1. The van der Waals surface area contributed by atoms with Gasteiger partial charge in [-0.05, 0) is 60.8 Å². The first-order valence-corrected chi connectivity index (χ1v) is 12.7. The lowest BCUT2D eigenvalue weighted by molar-refractivity contribution is -0.121. The summed E-state index contributed by atoms with van der Waals surface area (Å²) in [4.78, 5) is 17.4. The van der Waals surface area contributed by atoms with Gasteiger partial charge in [0.2, 0.25) is 5.91 Å². The van der Waals surface area contributed by atoms with E-state index in [0.29, 0.717) is 13.0 Å². The number of methoxy groups -OCH3 is 1. The third-order valence-corrected chi connectivity index (χ3v) is 6.93. The zero-order valence-corrected chi connectivity index (χ0v) is 21.1. The second kappa shape index (κ2) is 12.6. The molecule has 0 atom stereocenters. The molecule has 0 aromatic heterocycles. The van der Waals surface area contributed by atoms with Crippen LogP contribution in [0.25, 0.3) is 11.1 Å². The number of hydrogen-bond acceptors (Lipinski definition) is 4. The van der Waals surface area contributed by atoms with Crippen molar-refractivity contribution in [3.8, 4) is 16.9 Å². The molecule has 0 aliphatic carbocycles. The highest BCUT2D eigenvalue weighted by Crippen LogP contribution is 2.30. The van der Waals surface area contributed by atoms with Crippen molar-refractivity contribution >= 4 is 23.2 Å². The highest BCUT2D eigenvalue weighted by Gasteiger charge is 2.17. The van der Waals surface area contributed by atoms with Crippen LogP contribution in [0.3, 0.4) is 0 Å². The zero-order valence-electron chi connectivity index (χ0n) is 20.4. The lowest BCUT2D eigenvalue weighted by Crippen LogP contribution is -2.46. The van der Waals surface area contributed by atoms with Gasteiger partial charge in [-0.25, -0.2) is 0 Å². The molecule has 1 aliphatic rings. The Labute approximate surface area is 213 Å². The number of nitrogens with zero attached hydrogens (tertiary/aromatic N) is 2. The fourth-order valence-corrected chi connectivity index (χ4v) is 4.78. The number of rotatable bonds is 10. The molecule has 0 bridgehead atoms. The fourth-order valence-electron chi connectivity index (χ4n) is 4.54. The van der Waals surface area contributed by atoms with E-state index in [9.17, 15) is 4.79 Å². The molecule has 1 fully saturated rings. The van der Waals surface area contributed by atoms with Crippen LogP contribution in [0, 0.1) is 0 Å². The van der Waals surface area contributed by atoms with Crippen molar-refractivity contribution in [3.63, 3.8) is 0 Å². The average molecular weight is 492 g/mol. The second-order valence-corrected chi connectivity index (χ2v) is 9.30. The molecule has 1 heterocycles. The molecule has 0 spiro atoms. The van der Waals surface area contributed by atoms with E-state index in [2.05, 4.69) is 33.3 Å². The molecule has 6 heteroatoms. The molecule has 1 aliphatic heterocycles. The zero-order chi connectivity index (χ0) is 24.5. The number of halogens is 1. The van der Waals surface area contributed by atoms with Gasteiger partial charge in [-0.2, -0.15) is 0 Å². The van der Waals surface area contributed by atoms with E-state index in [1.807, 2.05) is 54.6 Å². The van der Waals surface area contributed by atoms with Crippen LogP contribution in [-0.2, 0) is 11.3 Å². The lowest BCUT2D eigenvalue weighted by atomic mass is 9.99. The van der Waals surface area contributed by atoms with Gasteiger partial charge in [-0.3, -0.25) is 9.69 Å². The predicted octanol–water partition coefficient (Wildman–Crippen LogP) is 5.62. The quantitative estimate of drug-likeness (QED) is 0.374. The molecule has 1 N–H and O–H groups in total. The lowest BCUT2D eigenvalue weighted by Gasteiger charge is -2.36. The SMILES string of the molecule is COc1ccc(N2CCN(CCCCC(=O)NCc3ccccc3-c3ccccc3Cl)CC2)cc1. The van der Waals surface area contributed by atoms with Crippen LogP contribution in [0.4, 0.5) is 5.69 Å². The first kappa shape index (κ1) is 25.1. The molecular formula is C29H34ClN3O2. The van der Waals surface area contributed by atoms with Crippen molar-refractivity contribution in [1.29, 1.82) is 0 Å². The van der Waals surface area contributed by atoms with Gasteiger partial charge in [0.25, 0.3) is 0 Å². The highest BCUT2D eigenvalue weighted by atomic mass is 35.5. The van der Waals surface area contributed by atoms with Gasteiger partial charge in [0.15, 0.2) is 0 Å². The Balaban J connectivity index is 1.15. The summed E-state index contributed by atoms with van der Waals surface area (Å²) in [6, 6.07) is 24.2. The van der Waals surface area contributed by atoms with Crippen LogP contribution in [0.1, 0.15) is 24.8 Å². The van der Waals surface area contributed by atoms with Crippen LogP contribution in [0.15, 0.2) is 72.8 Å². The van der Waals surface area contributed by atoms with Gasteiger partial charge in [0, 0.05) is 55.4 Å². The van der Waals surface area contributed by atoms with E-state index in [0.717, 1.165) is 73.0 Å². The molecule has 5 nitrogen and oxygen atoms in total. The van der Waals surface area contributed by atoms with E-state index in [1.54, 1.807) is 7.11 Å². The van der Waals surface area contributed by atoms with E-state index >= 15 is 0 Å². The summed E-state index contributed by atoms with van der Waals surface area (Å²) in [5.41, 5.74) is 4.38. The molecule has 1 amide bonds. The number of nitrogens with one attached hydrogen (secondary N) is 1. The van der Waals surface area contributed by atoms with Crippen LogP contribution in [0.2, 0.25) is 5.02 Å². The number of ether oxygens (including phenoxy) is 1. The Hall–Kier alpha value is -3.02. The van der Waals surface area contributed by atoms with Crippen molar-refractivity contribution in [2.45, 2.75) is 25.8 Å². The number of piperazine rings is 1. The van der Waals surface area contributed by atoms with E-state index in [1.165, 1.54) is 5.69 Å². The molecule has 184 valence electrons. The second-order valence-electron chi connectivity index (χ2n) is 8.90. The first-order valence-electron chi connectivity index (χ1n) is 12.3. The number of unbranched alkanes of at least 4 members (excludes halogenated alkanes) is 1. The van der Waals surface area contributed by atoms with Gasteiger partial charge in [0.05, 0.1) is 7.11 Å². The number of hydrogen-bond donors (Lipinski definition) is 1. The van der Waals surface area contributed by atoms with E-state index in [4.69, 9.17) is 16.3 Å². The Kier molecular flexibility index (Phi) is 9.04. The number of anilines is 1. The van der Waals surface area contributed by atoms with Gasteiger partial charge >= 0.3 is 0 Å². The summed E-state index contributed by atoms with van der Waals surface area (Å²) < 4.78 is 5.25. The maximum atomic E-state index is 12.5. The van der Waals surface area contributed by atoms with Crippen LogP contribution in [-0.4, -0.2) is 50.6 Å². The first-order chi connectivity index (χ1) is 17.1. The monoisotopic (exact) mass is 491 g/mol. The van der Waals surface area contributed by atoms with Crippen molar-refractivity contribution < 1.29 is 9.53 Å². The summed E-state index contributed by atoms with van der Waals surface area (Å²) >= 11 is 6.39. The third kappa shape index (κ3) is 7.00. The number of carbonyl (C=O) groups excluding carboxylic acids is 1. The maximum Gasteiger partial charge on any atom is 0.220 e. The Morgan fingerprint density at radius 1 is 0.886 bits per heavy atom. The summed E-state index contributed by atoms with van der Waals surface area (Å²) in [6.07, 6.45) is 2.49. The molecule has 0 radical (unpaired) electrons. The molecule has 4 rings (SSSR count). The van der Waals surface area contributed by atoms with E-state index < -0.39 is 0 Å². The van der Waals surface area contributed by atoms with Crippen molar-refractivity contribution in [2.24, 2.45) is 0 Å². The van der Waals surface area contributed by atoms with Crippen LogP contribution < -0.4 is 15.0 Å². The molecule has 35 heavy (non-hydrogen) atoms. The standard InChI is InChI=1S/C29H34ClN3O2/c1-35-25-15-13-24(14-16-25)33-20-18-32(19-21-33)17-7-6-12-29(34)31-22-23-8-2-3-9-26(23)27-10-4-5-11-28(27)30/h2-5,8-11,13-16H,6-7,12,17-22H2,1H3,(H,31,34). The molecule has 3 aromatic rings. The topological polar surface area (TPSA) is 44.8 Å². The minimum Gasteiger partial charge on any atom is -0.497 e. The van der Waals surface area contributed by atoms with Crippen molar-refractivity contribution in [2.75, 3.05) is 44.7 Å². The average Bonchev–Trinajstić information content (AvgIpc) is 2.91. The van der Waals surface area contributed by atoms with Gasteiger partial charge in [-0.1, -0.05) is 54.1 Å². The molecule has 3 aromatic carbocycles. The Morgan fingerprint density at radius 2 is 1.57 bits per heavy atom. The number of benzene rings is 3. The molecular weight excluding hydrogens is 458 g/mol. The molecule has 1 saturated heterocycles. The van der Waals surface area contributed by atoms with Gasteiger partial charge in [0.1, 0.15) is 5.75 Å². The largest absolute Gasteiger partial charge is 0.497 e. The molecule has 0 unspecified atom stereocenters.